The van der Waals surface area contributed by atoms with Gasteiger partial charge in [-0.3, -0.25) is 14.3 Å². The van der Waals surface area contributed by atoms with Gasteiger partial charge in [0.1, 0.15) is 11.5 Å². The van der Waals surface area contributed by atoms with Gasteiger partial charge in [0.15, 0.2) is 0 Å². The average Bonchev–Trinajstić information content (AvgIpc) is 2.84. The Morgan fingerprint density at radius 1 is 0.882 bits per heavy atom. The second-order valence-corrected chi connectivity index (χ2v) is 8.95. The minimum Gasteiger partial charge on any atom is -0.497 e. The van der Waals surface area contributed by atoms with E-state index in [0.717, 1.165) is 0 Å². The average molecular weight is 484 g/mol. The van der Waals surface area contributed by atoms with Crippen LogP contribution in [0.1, 0.15) is 10.4 Å². The van der Waals surface area contributed by atoms with E-state index in [9.17, 15) is 18.0 Å². The van der Waals surface area contributed by atoms with Crippen LogP contribution in [0.5, 0.6) is 11.5 Å². The standard InChI is InChI=1S/C24H25N3O6S/c1-27(16-23(28)25-18-10-12-19(32-2)13-11-18)24(29)17-8-14-20(15-9-17)34(30,31)26-21-6-4-5-7-22(21)33-3/h4-15,26H,16H2,1-3H3,(H,25,28). The Balaban J connectivity index is 1.63. The number of para-hydroxylation sites is 2. The van der Waals surface area contributed by atoms with Crippen LogP contribution in [0.25, 0.3) is 0 Å². The summed E-state index contributed by atoms with van der Waals surface area (Å²) in [4.78, 5) is 26.2. The zero-order valence-electron chi connectivity index (χ0n) is 18.9. The molecule has 0 fully saturated rings. The summed E-state index contributed by atoms with van der Waals surface area (Å²) in [6, 6.07) is 18.9. The lowest BCUT2D eigenvalue weighted by molar-refractivity contribution is -0.116. The van der Waals surface area contributed by atoms with E-state index in [4.69, 9.17) is 9.47 Å². The monoisotopic (exact) mass is 483 g/mol. The number of benzene rings is 3. The summed E-state index contributed by atoms with van der Waals surface area (Å²) < 4.78 is 38.2. The van der Waals surface area contributed by atoms with Crippen LogP contribution in [0.4, 0.5) is 11.4 Å². The van der Waals surface area contributed by atoms with Crippen molar-refractivity contribution in [2.45, 2.75) is 4.90 Å². The number of carbonyl (C=O) groups excluding carboxylic acids is 2. The molecule has 3 aromatic carbocycles. The summed E-state index contributed by atoms with van der Waals surface area (Å²) in [6.07, 6.45) is 0. The number of rotatable bonds is 9. The maximum absolute atomic E-state index is 12.7. The molecule has 0 aliphatic rings. The highest BCUT2D eigenvalue weighted by Gasteiger charge is 2.19. The summed E-state index contributed by atoms with van der Waals surface area (Å²) in [7, 11) is 0.589. The molecule has 3 aromatic rings. The van der Waals surface area contributed by atoms with Gasteiger partial charge in [0.25, 0.3) is 15.9 Å². The van der Waals surface area contributed by atoms with E-state index in [-0.39, 0.29) is 22.9 Å². The zero-order chi connectivity index (χ0) is 24.7. The molecule has 178 valence electrons. The molecule has 9 nitrogen and oxygen atoms in total. The van der Waals surface area contributed by atoms with Crippen LogP contribution in [-0.2, 0) is 14.8 Å². The summed E-state index contributed by atoms with van der Waals surface area (Å²) in [5.74, 6) is 0.244. The van der Waals surface area contributed by atoms with Crippen molar-refractivity contribution in [1.82, 2.24) is 4.90 Å². The predicted octanol–water partition coefficient (Wildman–Crippen LogP) is 3.22. The number of hydrogen-bond acceptors (Lipinski definition) is 6. The van der Waals surface area contributed by atoms with Crippen LogP contribution in [0.15, 0.2) is 77.7 Å². The molecular weight excluding hydrogens is 458 g/mol. The number of likely N-dealkylation sites (N-methyl/N-ethyl adjacent to an activating group) is 1. The second-order valence-electron chi connectivity index (χ2n) is 7.27. The topological polar surface area (TPSA) is 114 Å². The van der Waals surface area contributed by atoms with Crippen LogP contribution in [0, 0.1) is 0 Å². The SMILES string of the molecule is COc1ccc(NC(=O)CN(C)C(=O)c2ccc(S(=O)(=O)Nc3ccccc3OC)cc2)cc1. The first-order valence-corrected chi connectivity index (χ1v) is 11.7. The second kappa shape index (κ2) is 10.7. The number of hydrogen-bond donors (Lipinski definition) is 2. The lowest BCUT2D eigenvalue weighted by atomic mass is 10.2. The van der Waals surface area contributed by atoms with Crippen molar-refractivity contribution < 1.29 is 27.5 Å². The largest absolute Gasteiger partial charge is 0.497 e. The van der Waals surface area contributed by atoms with Crippen LogP contribution in [-0.4, -0.2) is 52.9 Å². The van der Waals surface area contributed by atoms with Gasteiger partial charge < -0.3 is 19.7 Å². The first kappa shape index (κ1) is 24.6. The summed E-state index contributed by atoms with van der Waals surface area (Å²) in [5.41, 5.74) is 1.12. The number of anilines is 2. The van der Waals surface area contributed by atoms with Gasteiger partial charge in [0.2, 0.25) is 5.91 Å². The number of sulfonamides is 1. The molecule has 0 saturated carbocycles. The Bertz CT molecular complexity index is 1260. The number of amides is 2. The Morgan fingerprint density at radius 2 is 1.53 bits per heavy atom. The van der Waals surface area contributed by atoms with Gasteiger partial charge in [0.05, 0.1) is 31.3 Å². The van der Waals surface area contributed by atoms with Gasteiger partial charge >= 0.3 is 0 Å². The lowest BCUT2D eigenvalue weighted by Crippen LogP contribution is -2.34. The molecule has 3 rings (SSSR count). The molecule has 0 saturated heterocycles. The van der Waals surface area contributed by atoms with Crippen LogP contribution in [0.3, 0.4) is 0 Å². The van der Waals surface area contributed by atoms with Gasteiger partial charge in [0, 0.05) is 18.3 Å². The predicted molar refractivity (Wildman–Crippen MR) is 129 cm³/mol. The molecule has 10 heteroatoms. The molecule has 0 radical (unpaired) electrons. The van der Waals surface area contributed by atoms with Gasteiger partial charge in [-0.05, 0) is 60.7 Å². The number of carbonyl (C=O) groups is 2. The van der Waals surface area contributed by atoms with Crippen molar-refractivity contribution in [2.75, 3.05) is 37.9 Å². The van der Waals surface area contributed by atoms with Crippen molar-refractivity contribution >= 4 is 33.2 Å². The summed E-state index contributed by atoms with van der Waals surface area (Å²) in [5, 5.41) is 2.71. The van der Waals surface area contributed by atoms with E-state index in [0.29, 0.717) is 22.9 Å². The van der Waals surface area contributed by atoms with Crippen LogP contribution in [0.2, 0.25) is 0 Å². The van der Waals surface area contributed by atoms with Gasteiger partial charge in [-0.1, -0.05) is 12.1 Å². The van der Waals surface area contributed by atoms with Gasteiger partial charge in [-0.15, -0.1) is 0 Å². The zero-order valence-corrected chi connectivity index (χ0v) is 19.8. The van der Waals surface area contributed by atoms with E-state index < -0.39 is 15.9 Å². The van der Waals surface area contributed by atoms with E-state index in [1.807, 2.05) is 0 Å². The number of ether oxygens (including phenoxy) is 2. The summed E-state index contributed by atoms with van der Waals surface area (Å²) in [6.45, 7) is -0.180. The lowest BCUT2D eigenvalue weighted by Gasteiger charge is -2.17. The van der Waals surface area contributed by atoms with Crippen molar-refractivity contribution in [3.8, 4) is 11.5 Å². The van der Waals surface area contributed by atoms with E-state index in [1.54, 1.807) is 55.6 Å². The van der Waals surface area contributed by atoms with E-state index >= 15 is 0 Å². The highest BCUT2D eigenvalue weighted by atomic mass is 32.2. The molecular formula is C24H25N3O6S. The third-order valence-corrected chi connectivity index (χ3v) is 6.25. The van der Waals surface area contributed by atoms with Crippen LogP contribution >= 0.6 is 0 Å². The molecule has 34 heavy (non-hydrogen) atoms. The third kappa shape index (κ3) is 6.04. The molecule has 2 amide bonds. The van der Waals surface area contributed by atoms with E-state index in [2.05, 4.69) is 10.0 Å². The van der Waals surface area contributed by atoms with E-state index in [1.165, 1.54) is 43.3 Å². The maximum Gasteiger partial charge on any atom is 0.262 e. The molecule has 0 unspecified atom stereocenters. The molecule has 0 heterocycles. The highest BCUT2D eigenvalue weighted by molar-refractivity contribution is 7.92. The van der Waals surface area contributed by atoms with Gasteiger partial charge in [-0.2, -0.15) is 0 Å². The highest BCUT2D eigenvalue weighted by Crippen LogP contribution is 2.26. The quantitative estimate of drug-likeness (QED) is 0.483. The molecule has 0 aromatic heterocycles. The number of nitrogens with one attached hydrogen (secondary N) is 2. The van der Waals surface area contributed by atoms with Crippen molar-refractivity contribution in [1.29, 1.82) is 0 Å². The minimum absolute atomic E-state index is 0.0187. The smallest absolute Gasteiger partial charge is 0.262 e. The first-order chi connectivity index (χ1) is 16.2. The fourth-order valence-electron chi connectivity index (χ4n) is 3.09. The third-order valence-electron chi connectivity index (χ3n) is 4.86. The Labute approximate surface area is 198 Å². The molecule has 0 aliphatic carbocycles. The normalized spacial score (nSPS) is 10.8. The fourth-order valence-corrected chi connectivity index (χ4v) is 4.16. The minimum atomic E-state index is -3.90. The molecule has 2 N–H and O–H groups in total. The fraction of sp³-hybridized carbons (Fsp3) is 0.167. The van der Waals surface area contributed by atoms with Crippen molar-refractivity contribution in [3.05, 3.63) is 78.4 Å². The molecule has 0 aliphatic heterocycles. The number of methoxy groups -OCH3 is 2. The molecule has 0 bridgehead atoms. The van der Waals surface area contributed by atoms with Crippen molar-refractivity contribution in [2.24, 2.45) is 0 Å². The first-order valence-electron chi connectivity index (χ1n) is 10.2. The molecule has 0 atom stereocenters. The Hall–Kier alpha value is -4.05. The molecule has 0 spiro atoms. The Morgan fingerprint density at radius 3 is 2.15 bits per heavy atom. The maximum atomic E-state index is 12.7. The number of nitrogens with zero attached hydrogens (tertiary/aromatic N) is 1. The van der Waals surface area contributed by atoms with Crippen molar-refractivity contribution in [3.63, 3.8) is 0 Å². The van der Waals surface area contributed by atoms with Gasteiger partial charge in [-0.25, -0.2) is 8.42 Å². The van der Waals surface area contributed by atoms with Crippen LogP contribution < -0.4 is 19.5 Å². The summed E-state index contributed by atoms with van der Waals surface area (Å²) >= 11 is 0. The Kier molecular flexibility index (Phi) is 7.75.